The van der Waals surface area contributed by atoms with Crippen molar-refractivity contribution in [2.75, 3.05) is 24.8 Å². The molecule has 1 fully saturated rings. The van der Waals surface area contributed by atoms with Crippen molar-refractivity contribution >= 4 is 25.8 Å². The highest BCUT2D eigenvalue weighted by molar-refractivity contribution is 9.10. The molecule has 0 aliphatic carbocycles. The summed E-state index contributed by atoms with van der Waals surface area (Å²) in [5.41, 5.74) is 1.11. The molecule has 0 saturated carbocycles. The molecule has 0 N–H and O–H groups in total. The van der Waals surface area contributed by atoms with Crippen LogP contribution in [0.1, 0.15) is 31.7 Å². The Balaban J connectivity index is 1.78. The fraction of sp³-hybridized carbons (Fsp3) is 0.625. The second-order valence-corrected chi connectivity index (χ2v) is 9.26. The van der Waals surface area contributed by atoms with Crippen molar-refractivity contribution in [3.05, 3.63) is 22.2 Å². The summed E-state index contributed by atoms with van der Waals surface area (Å²) in [6.07, 6.45) is 2.89. The Bertz CT molecular complexity index is 677. The van der Waals surface area contributed by atoms with Crippen molar-refractivity contribution in [3.8, 4) is 11.5 Å². The van der Waals surface area contributed by atoms with E-state index in [0.717, 1.165) is 53.9 Å². The monoisotopic (exact) mass is 403 g/mol. The van der Waals surface area contributed by atoms with E-state index < -0.39 is 9.84 Å². The van der Waals surface area contributed by atoms with E-state index in [4.69, 9.17) is 9.47 Å². The summed E-state index contributed by atoms with van der Waals surface area (Å²) in [6.45, 7) is 4.04. The van der Waals surface area contributed by atoms with Gasteiger partial charge in [0, 0.05) is 17.1 Å². The molecule has 7 heteroatoms. The second kappa shape index (κ2) is 6.99. The van der Waals surface area contributed by atoms with Crippen molar-refractivity contribution in [2.24, 2.45) is 0 Å². The molecule has 0 aromatic heterocycles. The summed E-state index contributed by atoms with van der Waals surface area (Å²) >= 11 is 3.60. The number of hydrogen-bond donors (Lipinski definition) is 0. The Kier molecular flexibility index (Phi) is 5.18. The fourth-order valence-corrected chi connectivity index (χ4v) is 5.32. The Morgan fingerprint density at radius 3 is 2.70 bits per heavy atom. The van der Waals surface area contributed by atoms with Gasteiger partial charge in [-0.2, -0.15) is 0 Å². The maximum atomic E-state index is 11.8. The Morgan fingerprint density at radius 1 is 1.30 bits per heavy atom. The first kappa shape index (κ1) is 17.0. The molecule has 0 amide bonds. The molecule has 0 radical (unpaired) electrons. The van der Waals surface area contributed by atoms with E-state index in [1.165, 1.54) is 0 Å². The Morgan fingerprint density at radius 2 is 2.04 bits per heavy atom. The first-order chi connectivity index (χ1) is 11.0. The summed E-state index contributed by atoms with van der Waals surface area (Å²) in [4.78, 5) is 2.30. The lowest BCUT2D eigenvalue weighted by molar-refractivity contribution is 0.173. The fourth-order valence-electron chi connectivity index (χ4n) is 3.11. The minimum Gasteiger partial charge on any atom is -0.454 e. The zero-order valence-corrected chi connectivity index (χ0v) is 15.7. The van der Waals surface area contributed by atoms with Crippen molar-refractivity contribution in [1.29, 1.82) is 0 Å². The van der Waals surface area contributed by atoms with Gasteiger partial charge in [0.2, 0.25) is 6.79 Å². The van der Waals surface area contributed by atoms with Crippen LogP contribution in [0.5, 0.6) is 11.5 Å². The highest BCUT2D eigenvalue weighted by Crippen LogP contribution is 2.37. The molecule has 2 aliphatic heterocycles. The maximum absolute atomic E-state index is 11.8. The summed E-state index contributed by atoms with van der Waals surface area (Å²) in [7, 11) is -2.88. The van der Waals surface area contributed by atoms with E-state index in [2.05, 4.69) is 27.8 Å². The molecule has 128 valence electrons. The van der Waals surface area contributed by atoms with Crippen LogP contribution in [0.25, 0.3) is 0 Å². The SMILES string of the molecule is CCCCN(Cc1cc2c(cc1Br)OCO2)C1CCS(=O)(=O)C1. The highest BCUT2D eigenvalue weighted by Gasteiger charge is 2.32. The molecule has 1 aromatic carbocycles. The number of halogens is 1. The first-order valence-electron chi connectivity index (χ1n) is 8.01. The van der Waals surface area contributed by atoms with Crippen LogP contribution in [0.3, 0.4) is 0 Å². The quantitative estimate of drug-likeness (QED) is 0.730. The number of rotatable bonds is 6. The van der Waals surface area contributed by atoms with Crippen LogP contribution in [0.2, 0.25) is 0 Å². The number of sulfone groups is 1. The average Bonchev–Trinajstić information content (AvgIpc) is 3.09. The highest BCUT2D eigenvalue weighted by atomic mass is 79.9. The molecule has 3 rings (SSSR count). The third-order valence-electron chi connectivity index (χ3n) is 4.44. The third kappa shape index (κ3) is 4.00. The van der Waals surface area contributed by atoms with Gasteiger partial charge in [-0.15, -0.1) is 0 Å². The minimum atomic E-state index is -2.88. The third-order valence-corrected chi connectivity index (χ3v) is 6.93. The van der Waals surface area contributed by atoms with E-state index in [9.17, 15) is 8.42 Å². The van der Waals surface area contributed by atoms with Crippen molar-refractivity contribution < 1.29 is 17.9 Å². The topological polar surface area (TPSA) is 55.8 Å². The lowest BCUT2D eigenvalue weighted by atomic mass is 10.1. The number of hydrogen-bond acceptors (Lipinski definition) is 5. The van der Waals surface area contributed by atoms with E-state index in [1.54, 1.807) is 0 Å². The molecule has 1 unspecified atom stereocenters. The van der Waals surface area contributed by atoms with Gasteiger partial charge in [0.1, 0.15) is 0 Å². The molecular weight excluding hydrogens is 382 g/mol. The zero-order valence-electron chi connectivity index (χ0n) is 13.3. The van der Waals surface area contributed by atoms with Gasteiger partial charge in [-0.1, -0.05) is 29.3 Å². The van der Waals surface area contributed by atoms with Crippen LogP contribution in [-0.4, -0.2) is 44.2 Å². The van der Waals surface area contributed by atoms with Crippen molar-refractivity contribution in [3.63, 3.8) is 0 Å². The van der Waals surface area contributed by atoms with Crippen LogP contribution in [0.4, 0.5) is 0 Å². The Labute approximate surface area is 146 Å². The van der Waals surface area contributed by atoms with Gasteiger partial charge in [-0.3, -0.25) is 4.90 Å². The minimum absolute atomic E-state index is 0.115. The number of nitrogens with zero attached hydrogens (tertiary/aromatic N) is 1. The summed E-state index contributed by atoms with van der Waals surface area (Å²) in [5.74, 6) is 2.10. The van der Waals surface area contributed by atoms with Gasteiger partial charge in [0.15, 0.2) is 21.3 Å². The van der Waals surface area contributed by atoms with Gasteiger partial charge in [-0.05, 0) is 37.1 Å². The largest absolute Gasteiger partial charge is 0.454 e. The number of fused-ring (bicyclic) bond motifs is 1. The summed E-state index contributed by atoms with van der Waals surface area (Å²) in [5, 5.41) is 0. The predicted octanol–water partition coefficient (Wildman–Crippen LogP) is 2.97. The van der Waals surface area contributed by atoms with Gasteiger partial charge < -0.3 is 9.47 Å². The normalized spacial score (nSPS) is 22.0. The van der Waals surface area contributed by atoms with Gasteiger partial charge in [0.25, 0.3) is 0 Å². The van der Waals surface area contributed by atoms with Crippen LogP contribution >= 0.6 is 15.9 Å². The van der Waals surface area contributed by atoms with Crippen LogP contribution in [0, 0.1) is 0 Å². The standard InChI is InChI=1S/C16H22BrNO4S/c1-2-3-5-18(13-4-6-23(19,20)10-13)9-12-7-15-16(8-14(12)17)22-11-21-15/h7-8,13H,2-6,9-11H2,1H3. The lowest BCUT2D eigenvalue weighted by Gasteiger charge is -2.28. The molecule has 0 spiro atoms. The van der Waals surface area contributed by atoms with Crippen LogP contribution in [0.15, 0.2) is 16.6 Å². The molecule has 2 aliphatic rings. The smallest absolute Gasteiger partial charge is 0.231 e. The molecule has 23 heavy (non-hydrogen) atoms. The van der Waals surface area contributed by atoms with Crippen LogP contribution < -0.4 is 9.47 Å². The van der Waals surface area contributed by atoms with Gasteiger partial charge >= 0.3 is 0 Å². The van der Waals surface area contributed by atoms with Crippen molar-refractivity contribution in [1.82, 2.24) is 4.90 Å². The van der Waals surface area contributed by atoms with Gasteiger partial charge in [0.05, 0.1) is 11.5 Å². The van der Waals surface area contributed by atoms with E-state index in [1.807, 2.05) is 12.1 Å². The number of unbranched alkanes of at least 4 members (excludes halogenated alkanes) is 1. The van der Waals surface area contributed by atoms with Gasteiger partial charge in [-0.25, -0.2) is 8.42 Å². The lowest BCUT2D eigenvalue weighted by Crippen LogP contribution is -2.36. The molecule has 2 heterocycles. The molecule has 1 atom stereocenters. The molecular formula is C16H22BrNO4S. The second-order valence-electron chi connectivity index (χ2n) is 6.18. The Hall–Kier alpha value is -0.790. The van der Waals surface area contributed by atoms with E-state index >= 15 is 0 Å². The number of benzene rings is 1. The summed E-state index contributed by atoms with van der Waals surface area (Å²) in [6, 6.07) is 4.04. The van der Waals surface area contributed by atoms with E-state index in [-0.39, 0.29) is 18.6 Å². The van der Waals surface area contributed by atoms with E-state index in [0.29, 0.717) is 5.75 Å². The maximum Gasteiger partial charge on any atom is 0.231 e. The predicted molar refractivity (Wildman–Crippen MR) is 92.6 cm³/mol. The summed E-state index contributed by atoms with van der Waals surface area (Å²) < 4.78 is 35.5. The zero-order chi connectivity index (χ0) is 16.4. The molecule has 0 bridgehead atoms. The molecule has 5 nitrogen and oxygen atoms in total. The average molecular weight is 404 g/mol. The molecule has 1 saturated heterocycles. The number of ether oxygens (including phenoxy) is 2. The van der Waals surface area contributed by atoms with Crippen molar-refractivity contribution in [2.45, 2.75) is 38.8 Å². The van der Waals surface area contributed by atoms with Crippen LogP contribution in [-0.2, 0) is 16.4 Å². The molecule has 1 aromatic rings. The first-order valence-corrected chi connectivity index (χ1v) is 10.6.